The highest BCUT2D eigenvalue weighted by Gasteiger charge is 2.20. The predicted molar refractivity (Wildman–Crippen MR) is 103 cm³/mol. The summed E-state index contributed by atoms with van der Waals surface area (Å²) in [7, 11) is 1.58. The van der Waals surface area contributed by atoms with Crippen LogP contribution in [-0.4, -0.2) is 33.8 Å². The van der Waals surface area contributed by atoms with E-state index in [0.29, 0.717) is 15.7 Å². The third-order valence-electron chi connectivity index (χ3n) is 4.35. The maximum absolute atomic E-state index is 11.8. The van der Waals surface area contributed by atoms with Gasteiger partial charge >= 0.3 is 0 Å². The van der Waals surface area contributed by atoms with Gasteiger partial charge in [0.05, 0.1) is 11.9 Å². The van der Waals surface area contributed by atoms with Gasteiger partial charge in [-0.1, -0.05) is 34.8 Å². The SMILES string of the molecule is Cn1ncc(NC2CCN(Cc3cc(Cl)cc(Cl)c3)CC2)c(Cl)c1=O. The third-order valence-corrected chi connectivity index (χ3v) is 5.16. The molecule has 0 bridgehead atoms. The maximum atomic E-state index is 11.8. The Bertz CT molecular complexity index is 796. The molecule has 1 aliphatic rings. The van der Waals surface area contributed by atoms with E-state index >= 15 is 0 Å². The maximum Gasteiger partial charge on any atom is 0.287 e. The van der Waals surface area contributed by atoms with Crippen LogP contribution >= 0.6 is 34.8 Å². The van der Waals surface area contributed by atoms with Gasteiger partial charge in [-0.3, -0.25) is 9.69 Å². The van der Waals surface area contributed by atoms with Gasteiger partial charge in [-0.15, -0.1) is 0 Å². The number of hydrogen-bond acceptors (Lipinski definition) is 4. The van der Waals surface area contributed by atoms with Crippen LogP contribution in [-0.2, 0) is 13.6 Å². The van der Waals surface area contributed by atoms with Crippen molar-refractivity contribution in [1.82, 2.24) is 14.7 Å². The molecule has 8 heteroatoms. The molecule has 0 atom stereocenters. The standard InChI is InChI=1S/C17H19Cl3N4O/c1-23-17(25)16(20)15(9-21-23)22-14-2-4-24(5-3-14)10-11-6-12(18)8-13(19)7-11/h6-9,14,22H,2-5,10H2,1H3. The Labute approximate surface area is 161 Å². The van der Waals surface area contributed by atoms with Gasteiger partial charge in [-0.05, 0) is 36.6 Å². The highest BCUT2D eigenvalue weighted by molar-refractivity contribution is 6.34. The number of aromatic nitrogens is 2. The Kier molecular flexibility index (Phi) is 5.89. The van der Waals surface area contributed by atoms with E-state index in [-0.39, 0.29) is 16.6 Å². The summed E-state index contributed by atoms with van der Waals surface area (Å²) in [5.41, 5.74) is 1.43. The van der Waals surface area contributed by atoms with Crippen LogP contribution in [0.2, 0.25) is 15.1 Å². The first kappa shape index (κ1) is 18.5. The lowest BCUT2D eigenvalue weighted by molar-refractivity contribution is 0.211. The van der Waals surface area contributed by atoms with Crippen LogP contribution in [0.1, 0.15) is 18.4 Å². The fourth-order valence-corrected chi connectivity index (χ4v) is 3.82. The summed E-state index contributed by atoms with van der Waals surface area (Å²) in [4.78, 5) is 14.2. The number of likely N-dealkylation sites (tertiary alicyclic amines) is 1. The molecule has 0 spiro atoms. The average Bonchev–Trinajstić information content (AvgIpc) is 2.56. The van der Waals surface area contributed by atoms with Crippen LogP contribution in [0.15, 0.2) is 29.2 Å². The average molecular weight is 402 g/mol. The Morgan fingerprint density at radius 1 is 1.16 bits per heavy atom. The topological polar surface area (TPSA) is 50.2 Å². The third kappa shape index (κ3) is 4.67. The Morgan fingerprint density at radius 3 is 2.44 bits per heavy atom. The van der Waals surface area contributed by atoms with E-state index in [9.17, 15) is 4.79 Å². The van der Waals surface area contributed by atoms with Crippen LogP contribution in [0.25, 0.3) is 0 Å². The minimum atomic E-state index is -0.290. The summed E-state index contributed by atoms with van der Waals surface area (Å²) in [5.74, 6) is 0. The molecule has 1 aromatic carbocycles. The van der Waals surface area contributed by atoms with Crippen molar-refractivity contribution < 1.29 is 0 Å². The highest BCUT2D eigenvalue weighted by atomic mass is 35.5. The zero-order valence-corrected chi connectivity index (χ0v) is 16.1. The molecule has 0 aliphatic carbocycles. The molecule has 1 fully saturated rings. The number of aryl methyl sites for hydroxylation is 1. The number of rotatable bonds is 4. The number of halogens is 3. The molecule has 5 nitrogen and oxygen atoms in total. The minimum absolute atomic E-state index is 0.188. The van der Waals surface area contributed by atoms with E-state index in [1.165, 1.54) is 4.68 Å². The largest absolute Gasteiger partial charge is 0.380 e. The minimum Gasteiger partial charge on any atom is -0.380 e. The van der Waals surface area contributed by atoms with Crippen LogP contribution in [0, 0.1) is 0 Å². The van der Waals surface area contributed by atoms with Gasteiger partial charge in [0.15, 0.2) is 0 Å². The number of piperidine rings is 1. The fraction of sp³-hybridized carbons (Fsp3) is 0.412. The highest BCUT2D eigenvalue weighted by Crippen LogP contribution is 2.23. The lowest BCUT2D eigenvalue weighted by Gasteiger charge is -2.33. The van der Waals surface area contributed by atoms with Gasteiger partial charge in [0.25, 0.3) is 5.56 Å². The summed E-state index contributed by atoms with van der Waals surface area (Å²) < 4.78 is 1.23. The second kappa shape index (κ2) is 7.96. The number of benzene rings is 1. The van der Waals surface area contributed by atoms with E-state index in [4.69, 9.17) is 34.8 Å². The van der Waals surface area contributed by atoms with Crippen LogP contribution in [0.5, 0.6) is 0 Å². The second-order valence-electron chi connectivity index (χ2n) is 6.27. The number of nitrogens with zero attached hydrogens (tertiary/aromatic N) is 3. The van der Waals surface area contributed by atoms with Gasteiger partial charge in [0.1, 0.15) is 5.02 Å². The van der Waals surface area contributed by atoms with Gasteiger partial charge in [-0.2, -0.15) is 5.10 Å². The summed E-state index contributed by atoms with van der Waals surface area (Å²) in [6, 6.07) is 5.90. The van der Waals surface area contributed by atoms with Gasteiger partial charge < -0.3 is 5.32 Å². The molecule has 0 radical (unpaired) electrons. The molecule has 0 saturated carbocycles. The molecule has 1 N–H and O–H groups in total. The Morgan fingerprint density at radius 2 is 1.80 bits per heavy atom. The Balaban J connectivity index is 1.57. The quantitative estimate of drug-likeness (QED) is 0.846. The smallest absolute Gasteiger partial charge is 0.287 e. The van der Waals surface area contributed by atoms with Crippen molar-refractivity contribution in [2.24, 2.45) is 7.05 Å². The van der Waals surface area contributed by atoms with Crippen molar-refractivity contribution in [2.75, 3.05) is 18.4 Å². The molecule has 3 rings (SSSR count). The second-order valence-corrected chi connectivity index (χ2v) is 7.52. The number of hydrogen-bond donors (Lipinski definition) is 1. The van der Waals surface area contributed by atoms with Crippen molar-refractivity contribution in [1.29, 1.82) is 0 Å². The molecule has 1 aromatic heterocycles. The molecular formula is C17H19Cl3N4O. The van der Waals surface area contributed by atoms with E-state index in [2.05, 4.69) is 15.3 Å². The van der Waals surface area contributed by atoms with Gasteiger partial charge in [-0.25, -0.2) is 4.68 Å². The molecule has 0 unspecified atom stereocenters. The summed E-state index contributed by atoms with van der Waals surface area (Å²) >= 11 is 18.2. The first-order valence-electron chi connectivity index (χ1n) is 8.08. The van der Waals surface area contributed by atoms with Crippen LogP contribution in [0.3, 0.4) is 0 Å². The van der Waals surface area contributed by atoms with E-state index < -0.39 is 0 Å². The van der Waals surface area contributed by atoms with Crippen molar-refractivity contribution in [2.45, 2.75) is 25.4 Å². The van der Waals surface area contributed by atoms with Crippen molar-refractivity contribution in [3.63, 3.8) is 0 Å². The summed E-state index contributed by atoms with van der Waals surface area (Å²) in [6.07, 6.45) is 3.52. The van der Waals surface area contributed by atoms with Crippen molar-refractivity contribution in [3.05, 3.63) is 55.4 Å². The predicted octanol–water partition coefficient (Wildman–Crippen LogP) is 3.82. The molecule has 1 saturated heterocycles. The van der Waals surface area contributed by atoms with E-state index in [1.807, 2.05) is 12.1 Å². The van der Waals surface area contributed by atoms with E-state index in [0.717, 1.165) is 38.0 Å². The molecule has 134 valence electrons. The van der Waals surface area contributed by atoms with Crippen molar-refractivity contribution in [3.8, 4) is 0 Å². The van der Waals surface area contributed by atoms with Gasteiger partial charge in [0, 0.05) is 42.8 Å². The lowest BCUT2D eigenvalue weighted by atomic mass is 10.0. The molecular weight excluding hydrogens is 383 g/mol. The first-order valence-corrected chi connectivity index (χ1v) is 9.21. The molecule has 1 aliphatic heterocycles. The molecule has 2 heterocycles. The fourth-order valence-electron chi connectivity index (χ4n) is 3.03. The number of anilines is 1. The zero-order chi connectivity index (χ0) is 18.0. The summed E-state index contributed by atoms with van der Waals surface area (Å²) in [5, 5.41) is 8.86. The molecule has 0 amide bonds. The first-order chi connectivity index (χ1) is 11.9. The Hall–Kier alpha value is -1.27. The monoisotopic (exact) mass is 400 g/mol. The zero-order valence-electron chi connectivity index (χ0n) is 13.8. The van der Waals surface area contributed by atoms with Crippen LogP contribution < -0.4 is 10.9 Å². The van der Waals surface area contributed by atoms with Gasteiger partial charge in [0.2, 0.25) is 0 Å². The lowest BCUT2D eigenvalue weighted by Crippen LogP contribution is -2.39. The van der Waals surface area contributed by atoms with Crippen molar-refractivity contribution >= 4 is 40.5 Å². The normalized spacial score (nSPS) is 16.2. The van der Waals surface area contributed by atoms with Crippen LogP contribution in [0.4, 0.5) is 5.69 Å². The van der Waals surface area contributed by atoms with E-state index in [1.54, 1.807) is 19.3 Å². The molecule has 25 heavy (non-hydrogen) atoms. The number of nitrogens with one attached hydrogen (secondary N) is 1. The molecule has 2 aromatic rings. The summed E-state index contributed by atoms with van der Waals surface area (Å²) in [6.45, 7) is 2.70.